The van der Waals surface area contributed by atoms with Crippen LogP contribution in [0, 0.1) is 18.8 Å². The highest BCUT2D eigenvalue weighted by Gasteiger charge is 2.17. The van der Waals surface area contributed by atoms with Gasteiger partial charge in [-0.2, -0.15) is 5.10 Å². The molecule has 1 unspecified atom stereocenters. The maximum Gasteiger partial charge on any atom is 0.0847 e. The lowest BCUT2D eigenvalue weighted by Gasteiger charge is -2.19. The molecule has 0 saturated carbocycles. The molecule has 0 spiro atoms. The van der Waals surface area contributed by atoms with Gasteiger partial charge in [-0.25, -0.2) is 0 Å². The first-order valence-electron chi connectivity index (χ1n) is 6.28. The Morgan fingerprint density at radius 1 is 1.41 bits per heavy atom. The van der Waals surface area contributed by atoms with Gasteiger partial charge in [0.05, 0.1) is 16.4 Å². The lowest BCUT2D eigenvalue weighted by molar-refractivity contribution is 0.388. The van der Waals surface area contributed by atoms with E-state index in [0.29, 0.717) is 11.8 Å². The zero-order valence-electron chi connectivity index (χ0n) is 11.5. The molecule has 1 atom stereocenters. The molecule has 98 valence electrons. The van der Waals surface area contributed by atoms with Crippen molar-refractivity contribution in [1.82, 2.24) is 15.1 Å². The molecule has 1 N–H and O–H groups in total. The highest BCUT2D eigenvalue weighted by molar-refractivity contribution is 6.31. The summed E-state index contributed by atoms with van der Waals surface area (Å²) in [4.78, 5) is 0. The van der Waals surface area contributed by atoms with Crippen LogP contribution in [0.15, 0.2) is 0 Å². The summed E-state index contributed by atoms with van der Waals surface area (Å²) in [6.07, 6.45) is 2.20. The summed E-state index contributed by atoms with van der Waals surface area (Å²) >= 11 is 6.29. The molecule has 17 heavy (non-hydrogen) atoms. The Labute approximate surface area is 110 Å². The molecule has 1 rings (SSSR count). The van der Waals surface area contributed by atoms with Crippen molar-refractivity contribution in [2.45, 2.75) is 33.6 Å². The summed E-state index contributed by atoms with van der Waals surface area (Å²) in [5, 5.41) is 8.46. The van der Waals surface area contributed by atoms with Crippen LogP contribution in [0.5, 0.6) is 0 Å². The second-order valence-electron chi connectivity index (χ2n) is 5.23. The van der Waals surface area contributed by atoms with Crippen LogP contribution in [0.3, 0.4) is 0 Å². The van der Waals surface area contributed by atoms with Crippen molar-refractivity contribution in [3.05, 3.63) is 16.4 Å². The maximum absolute atomic E-state index is 6.29. The number of hydrogen-bond donors (Lipinski definition) is 1. The van der Waals surface area contributed by atoms with E-state index in [1.54, 1.807) is 0 Å². The van der Waals surface area contributed by atoms with Gasteiger partial charge in [0.15, 0.2) is 0 Å². The predicted octanol–water partition coefficient (Wildman–Crippen LogP) is 2.81. The Kier molecular flexibility index (Phi) is 5.47. The Bertz CT molecular complexity index is 358. The second kappa shape index (κ2) is 6.41. The molecule has 1 aromatic rings. The molecule has 0 aliphatic carbocycles. The number of nitrogens with zero attached hydrogens (tertiary/aromatic N) is 2. The third-order valence-electron chi connectivity index (χ3n) is 3.04. The van der Waals surface area contributed by atoms with Crippen molar-refractivity contribution in [2.75, 3.05) is 13.6 Å². The van der Waals surface area contributed by atoms with Gasteiger partial charge in [0, 0.05) is 7.05 Å². The molecule has 3 nitrogen and oxygen atoms in total. The minimum absolute atomic E-state index is 0.618. The van der Waals surface area contributed by atoms with Crippen LogP contribution in [-0.2, 0) is 13.5 Å². The van der Waals surface area contributed by atoms with Gasteiger partial charge in [-0.1, -0.05) is 25.4 Å². The summed E-state index contributed by atoms with van der Waals surface area (Å²) < 4.78 is 1.92. The molecule has 0 radical (unpaired) electrons. The predicted molar refractivity (Wildman–Crippen MR) is 73.5 cm³/mol. The van der Waals surface area contributed by atoms with Gasteiger partial charge in [0.25, 0.3) is 0 Å². The summed E-state index contributed by atoms with van der Waals surface area (Å²) in [5.41, 5.74) is 2.09. The fourth-order valence-electron chi connectivity index (χ4n) is 2.37. The summed E-state index contributed by atoms with van der Waals surface area (Å²) in [5.74, 6) is 1.33. The molecule has 0 aliphatic rings. The van der Waals surface area contributed by atoms with Gasteiger partial charge < -0.3 is 5.32 Å². The van der Waals surface area contributed by atoms with Gasteiger partial charge >= 0.3 is 0 Å². The average molecular weight is 258 g/mol. The van der Waals surface area contributed by atoms with Gasteiger partial charge in [-0.3, -0.25) is 4.68 Å². The normalized spacial score (nSPS) is 13.4. The van der Waals surface area contributed by atoms with E-state index < -0.39 is 0 Å². The van der Waals surface area contributed by atoms with Crippen LogP contribution in [0.1, 0.15) is 31.7 Å². The SMILES string of the molecule is CNCC(Cc1c(Cl)c(C)nn1C)CC(C)C. The number of halogens is 1. The third-order valence-corrected chi connectivity index (χ3v) is 3.53. The van der Waals surface area contributed by atoms with E-state index >= 15 is 0 Å². The second-order valence-corrected chi connectivity index (χ2v) is 5.61. The topological polar surface area (TPSA) is 29.9 Å². The monoisotopic (exact) mass is 257 g/mol. The Balaban J connectivity index is 2.78. The fourth-order valence-corrected chi connectivity index (χ4v) is 2.61. The molecule has 4 heteroatoms. The molecular weight excluding hydrogens is 234 g/mol. The van der Waals surface area contributed by atoms with Crippen molar-refractivity contribution in [3.8, 4) is 0 Å². The third kappa shape index (κ3) is 4.00. The standard InChI is InChI=1S/C13H24ClN3/c1-9(2)6-11(8-15-4)7-12-13(14)10(3)16-17(12)5/h9,11,15H,6-8H2,1-5H3. The zero-order chi connectivity index (χ0) is 13.0. The number of nitrogens with one attached hydrogen (secondary N) is 1. The van der Waals surface area contributed by atoms with Crippen LogP contribution in [0.4, 0.5) is 0 Å². The smallest absolute Gasteiger partial charge is 0.0847 e. The zero-order valence-corrected chi connectivity index (χ0v) is 12.3. The van der Waals surface area contributed by atoms with E-state index in [0.717, 1.165) is 29.4 Å². The fraction of sp³-hybridized carbons (Fsp3) is 0.769. The van der Waals surface area contributed by atoms with E-state index in [1.165, 1.54) is 6.42 Å². The van der Waals surface area contributed by atoms with E-state index in [1.807, 2.05) is 25.7 Å². The highest BCUT2D eigenvalue weighted by atomic mass is 35.5. The van der Waals surface area contributed by atoms with Crippen molar-refractivity contribution in [1.29, 1.82) is 0 Å². The first-order chi connectivity index (χ1) is 7.95. The van der Waals surface area contributed by atoms with E-state index in [9.17, 15) is 0 Å². The van der Waals surface area contributed by atoms with Crippen LogP contribution < -0.4 is 5.32 Å². The van der Waals surface area contributed by atoms with Crippen LogP contribution >= 0.6 is 11.6 Å². The molecule has 0 aliphatic heterocycles. The first kappa shape index (κ1) is 14.5. The largest absolute Gasteiger partial charge is 0.319 e. The lowest BCUT2D eigenvalue weighted by atomic mass is 9.92. The van der Waals surface area contributed by atoms with Crippen molar-refractivity contribution in [2.24, 2.45) is 18.9 Å². The van der Waals surface area contributed by atoms with Gasteiger partial charge in [0.2, 0.25) is 0 Å². The van der Waals surface area contributed by atoms with E-state index in [2.05, 4.69) is 24.3 Å². The number of aromatic nitrogens is 2. The summed E-state index contributed by atoms with van der Waals surface area (Å²) in [7, 11) is 3.98. The van der Waals surface area contributed by atoms with E-state index in [4.69, 9.17) is 11.6 Å². The average Bonchev–Trinajstić information content (AvgIpc) is 2.44. The van der Waals surface area contributed by atoms with Crippen molar-refractivity contribution >= 4 is 11.6 Å². The Morgan fingerprint density at radius 2 is 2.06 bits per heavy atom. The highest BCUT2D eigenvalue weighted by Crippen LogP contribution is 2.24. The van der Waals surface area contributed by atoms with Crippen molar-refractivity contribution in [3.63, 3.8) is 0 Å². The minimum atomic E-state index is 0.618. The summed E-state index contributed by atoms with van der Waals surface area (Å²) in [6.45, 7) is 7.51. The summed E-state index contributed by atoms with van der Waals surface area (Å²) in [6, 6.07) is 0. The van der Waals surface area contributed by atoms with Gasteiger partial charge in [0.1, 0.15) is 0 Å². The number of aryl methyl sites for hydroxylation is 2. The molecule has 1 heterocycles. The van der Waals surface area contributed by atoms with Crippen molar-refractivity contribution < 1.29 is 0 Å². The van der Waals surface area contributed by atoms with Gasteiger partial charge in [-0.05, 0) is 45.2 Å². The molecule has 0 aromatic carbocycles. The quantitative estimate of drug-likeness (QED) is 0.849. The molecule has 1 aromatic heterocycles. The number of hydrogen-bond acceptors (Lipinski definition) is 2. The van der Waals surface area contributed by atoms with E-state index in [-0.39, 0.29) is 0 Å². The van der Waals surface area contributed by atoms with Crippen LogP contribution in [-0.4, -0.2) is 23.4 Å². The Hall–Kier alpha value is -0.540. The molecule has 0 bridgehead atoms. The van der Waals surface area contributed by atoms with Crippen LogP contribution in [0.25, 0.3) is 0 Å². The molecule has 0 fully saturated rings. The van der Waals surface area contributed by atoms with Crippen LogP contribution in [0.2, 0.25) is 5.02 Å². The maximum atomic E-state index is 6.29. The van der Waals surface area contributed by atoms with Gasteiger partial charge in [-0.15, -0.1) is 0 Å². The number of rotatable bonds is 6. The molecule has 0 amide bonds. The molecule has 0 saturated heterocycles. The molecular formula is C13H24ClN3. The Morgan fingerprint density at radius 3 is 2.47 bits per heavy atom. The lowest BCUT2D eigenvalue weighted by Crippen LogP contribution is -2.23. The first-order valence-corrected chi connectivity index (χ1v) is 6.66. The minimum Gasteiger partial charge on any atom is -0.319 e.